The largest absolute Gasteiger partial charge is 0.487 e. The standard InChI is InChI=1S/C19H25N5O4/c1-19(2,3)24(18(25)26)11-14-8-15(28-22-14)12-27-16-6-5-7-20-17(16)13-9-21-23(4)10-13/h5-7,9-10,15H,8,11-12H2,1-4H3,(H,25,26). The summed E-state index contributed by atoms with van der Waals surface area (Å²) in [5, 5.41) is 17.6. The Bertz CT molecular complexity index is 871. The normalized spacial score (nSPS) is 16.4. The maximum absolute atomic E-state index is 11.5. The first kappa shape index (κ1) is 19.7. The van der Waals surface area contributed by atoms with Crippen molar-refractivity contribution in [3.8, 4) is 17.0 Å². The van der Waals surface area contributed by atoms with Gasteiger partial charge >= 0.3 is 6.09 Å². The third-order valence-corrected chi connectivity index (χ3v) is 4.35. The summed E-state index contributed by atoms with van der Waals surface area (Å²) in [6.45, 7) is 6.04. The maximum Gasteiger partial charge on any atom is 0.408 e. The highest BCUT2D eigenvalue weighted by molar-refractivity contribution is 5.89. The minimum atomic E-state index is -0.980. The predicted octanol–water partition coefficient (Wildman–Crippen LogP) is 2.78. The van der Waals surface area contributed by atoms with Gasteiger partial charge in [0, 0.05) is 37.0 Å². The highest BCUT2D eigenvalue weighted by Gasteiger charge is 2.31. The molecule has 0 spiro atoms. The number of pyridine rings is 1. The molecule has 9 heteroatoms. The number of oxime groups is 1. The first-order valence-electron chi connectivity index (χ1n) is 9.03. The number of carbonyl (C=O) groups is 1. The average Bonchev–Trinajstić information content (AvgIpc) is 3.25. The van der Waals surface area contributed by atoms with Gasteiger partial charge in [-0.25, -0.2) is 4.79 Å². The highest BCUT2D eigenvalue weighted by Crippen LogP contribution is 2.27. The Kier molecular flexibility index (Phi) is 5.53. The van der Waals surface area contributed by atoms with Crippen LogP contribution >= 0.6 is 0 Å². The van der Waals surface area contributed by atoms with Crippen molar-refractivity contribution in [3.63, 3.8) is 0 Å². The molecule has 9 nitrogen and oxygen atoms in total. The van der Waals surface area contributed by atoms with Crippen LogP contribution in [0.3, 0.4) is 0 Å². The summed E-state index contributed by atoms with van der Waals surface area (Å²) in [6, 6.07) is 3.65. The van der Waals surface area contributed by atoms with E-state index in [2.05, 4.69) is 15.2 Å². The molecule has 0 saturated heterocycles. The number of carboxylic acid groups (broad SMARTS) is 1. The highest BCUT2D eigenvalue weighted by atomic mass is 16.7. The topological polar surface area (TPSA) is 102 Å². The molecule has 0 fully saturated rings. The van der Waals surface area contributed by atoms with E-state index < -0.39 is 11.6 Å². The molecule has 28 heavy (non-hydrogen) atoms. The fourth-order valence-electron chi connectivity index (χ4n) is 2.89. The number of aromatic nitrogens is 3. The van der Waals surface area contributed by atoms with Gasteiger partial charge in [-0.1, -0.05) is 5.16 Å². The van der Waals surface area contributed by atoms with E-state index in [-0.39, 0.29) is 19.3 Å². The molecule has 3 rings (SSSR count). The fraction of sp³-hybridized carbons (Fsp3) is 0.474. The summed E-state index contributed by atoms with van der Waals surface area (Å²) in [7, 11) is 1.84. The van der Waals surface area contributed by atoms with Gasteiger partial charge in [0.15, 0.2) is 6.10 Å². The van der Waals surface area contributed by atoms with Crippen LogP contribution in [0.4, 0.5) is 4.79 Å². The van der Waals surface area contributed by atoms with Crippen molar-refractivity contribution in [1.82, 2.24) is 19.7 Å². The summed E-state index contributed by atoms with van der Waals surface area (Å²) in [5.74, 6) is 0.634. The Morgan fingerprint density at radius 2 is 2.25 bits per heavy atom. The lowest BCUT2D eigenvalue weighted by molar-refractivity contribution is 0.0471. The van der Waals surface area contributed by atoms with E-state index in [9.17, 15) is 9.90 Å². The molecule has 1 aliphatic rings. The molecule has 1 N–H and O–H groups in total. The van der Waals surface area contributed by atoms with Gasteiger partial charge in [0.1, 0.15) is 18.1 Å². The van der Waals surface area contributed by atoms with Crippen molar-refractivity contribution < 1.29 is 19.5 Å². The zero-order chi connectivity index (χ0) is 20.3. The van der Waals surface area contributed by atoms with Crippen LogP contribution in [0, 0.1) is 0 Å². The van der Waals surface area contributed by atoms with Crippen LogP contribution in [0.15, 0.2) is 35.9 Å². The lowest BCUT2D eigenvalue weighted by atomic mass is 10.1. The Hall–Kier alpha value is -3.10. The van der Waals surface area contributed by atoms with Crippen LogP contribution in [0.1, 0.15) is 27.2 Å². The van der Waals surface area contributed by atoms with Crippen molar-refractivity contribution in [2.45, 2.75) is 38.8 Å². The number of hydrogen-bond donors (Lipinski definition) is 1. The van der Waals surface area contributed by atoms with Gasteiger partial charge in [-0.15, -0.1) is 0 Å². The molecule has 0 bridgehead atoms. The predicted molar refractivity (Wildman–Crippen MR) is 103 cm³/mol. The monoisotopic (exact) mass is 387 g/mol. The molecule has 0 saturated carbocycles. The van der Waals surface area contributed by atoms with Crippen molar-refractivity contribution >= 4 is 11.8 Å². The molecule has 0 aliphatic carbocycles. The Labute approximate surface area is 163 Å². The number of hydrogen-bond acceptors (Lipinski definition) is 6. The van der Waals surface area contributed by atoms with Crippen LogP contribution in [0.25, 0.3) is 11.3 Å². The zero-order valence-corrected chi connectivity index (χ0v) is 16.5. The minimum Gasteiger partial charge on any atom is -0.487 e. The summed E-state index contributed by atoms with van der Waals surface area (Å²) in [6.07, 6.45) is 4.57. The molecule has 1 atom stereocenters. The first-order chi connectivity index (χ1) is 13.2. The van der Waals surface area contributed by atoms with E-state index in [1.54, 1.807) is 23.1 Å². The van der Waals surface area contributed by atoms with Crippen LogP contribution < -0.4 is 4.74 Å². The van der Waals surface area contributed by atoms with E-state index in [1.165, 1.54) is 4.90 Å². The van der Waals surface area contributed by atoms with Crippen LogP contribution in [0.2, 0.25) is 0 Å². The van der Waals surface area contributed by atoms with Crippen molar-refractivity contribution in [2.75, 3.05) is 13.2 Å². The molecule has 1 unspecified atom stereocenters. The van der Waals surface area contributed by atoms with Gasteiger partial charge < -0.3 is 14.7 Å². The van der Waals surface area contributed by atoms with Crippen LogP contribution in [-0.4, -0.2) is 61.4 Å². The maximum atomic E-state index is 11.5. The molecular formula is C19H25N5O4. The van der Waals surface area contributed by atoms with Gasteiger partial charge in [0.05, 0.1) is 18.5 Å². The van der Waals surface area contributed by atoms with E-state index in [4.69, 9.17) is 9.57 Å². The molecule has 0 radical (unpaired) electrons. The third kappa shape index (κ3) is 4.59. The van der Waals surface area contributed by atoms with E-state index in [0.717, 1.165) is 5.56 Å². The lowest BCUT2D eigenvalue weighted by Crippen LogP contribution is -2.47. The molecule has 1 amide bonds. The Morgan fingerprint density at radius 1 is 1.46 bits per heavy atom. The molecule has 150 valence electrons. The van der Waals surface area contributed by atoms with Gasteiger partial charge in [0.25, 0.3) is 0 Å². The summed E-state index contributed by atoms with van der Waals surface area (Å²) in [4.78, 5) is 22.7. The van der Waals surface area contributed by atoms with E-state index >= 15 is 0 Å². The Morgan fingerprint density at radius 3 is 2.89 bits per heavy atom. The number of amides is 1. The van der Waals surface area contributed by atoms with E-state index in [0.29, 0.717) is 23.6 Å². The number of aryl methyl sites for hydroxylation is 1. The van der Waals surface area contributed by atoms with Crippen molar-refractivity contribution in [3.05, 3.63) is 30.7 Å². The first-order valence-corrected chi connectivity index (χ1v) is 9.03. The average molecular weight is 387 g/mol. The fourth-order valence-corrected chi connectivity index (χ4v) is 2.89. The smallest absolute Gasteiger partial charge is 0.408 e. The quantitative estimate of drug-likeness (QED) is 0.818. The lowest BCUT2D eigenvalue weighted by Gasteiger charge is -2.32. The minimum absolute atomic E-state index is 0.211. The number of rotatable bonds is 6. The molecule has 1 aliphatic heterocycles. The summed E-state index contributed by atoms with van der Waals surface area (Å²) >= 11 is 0. The SMILES string of the molecule is Cn1cc(-c2ncccc2OCC2CC(CN(C(=O)O)C(C)(C)C)=NO2)cn1. The number of nitrogens with zero attached hydrogens (tertiary/aromatic N) is 5. The van der Waals surface area contributed by atoms with Gasteiger partial charge in [-0.2, -0.15) is 5.10 Å². The van der Waals surface area contributed by atoms with Crippen molar-refractivity contribution in [2.24, 2.45) is 12.2 Å². The van der Waals surface area contributed by atoms with Gasteiger partial charge in [0.2, 0.25) is 0 Å². The third-order valence-electron chi connectivity index (χ3n) is 4.35. The molecule has 3 heterocycles. The molecule has 2 aromatic rings. The second-order valence-corrected chi connectivity index (χ2v) is 7.69. The van der Waals surface area contributed by atoms with Gasteiger partial charge in [-0.05, 0) is 32.9 Å². The molecule has 2 aromatic heterocycles. The molecular weight excluding hydrogens is 362 g/mol. The van der Waals surface area contributed by atoms with Crippen molar-refractivity contribution in [1.29, 1.82) is 0 Å². The van der Waals surface area contributed by atoms with Gasteiger partial charge in [-0.3, -0.25) is 14.6 Å². The summed E-state index contributed by atoms with van der Waals surface area (Å²) < 4.78 is 7.63. The summed E-state index contributed by atoms with van der Waals surface area (Å²) in [5.41, 5.74) is 1.74. The van der Waals surface area contributed by atoms with Crippen LogP contribution in [0.5, 0.6) is 5.75 Å². The molecule has 0 aromatic carbocycles. The zero-order valence-electron chi connectivity index (χ0n) is 16.5. The second kappa shape index (κ2) is 7.87. The second-order valence-electron chi connectivity index (χ2n) is 7.69. The van der Waals surface area contributed by atoms with E-state index in [1.807, 2.05) is 40.1 Å². The van der Waals surface area contributed by atoms with Crippen LogP contribution in [-0.2, 0) is 11.9 Å². The number of ether oxygens (including phenoxy) is 1. The Balaban J connectivity index is 1.59.